The van der Waals surface area contributed by atoms with Crippen LogP contribution in [-0.4, -0.2) is 19.0 Å². The smallest absolute Gasteiger partial charge is 0.193 e. The van der Waals surface area contributed by atoms with E-state index in [1.54, 1.807) is 18.2 Å². The molecule has 0 N–H and O–H groups in total. The summed E-state index contributed by atoms with van der Waals surface area (Å²) in [5.74, 6) is 1.36. The van der Waals surface area contributed by atoms with Crippen molar-refractivity contribution in [3.8, 4) is 11.5 Å². The SMILES string of the molecule is CCCc1ccc(C(=O)c2ccc3c(c2)OCCO3)cc1. The van der Waals surface area contributed by atoms with E-state index in [9.17, 15) is 4.79 Å². The standard InChI is InChI=1S/C18H18O3/c1-2-3-13-4-6-14(7-5-13)18(19)15-8-9-16-17(12-15)21-11-10-20-16/h4-9,12H,2-3,10-11H2,1H3. The Morgan fingerprint density at radius 3 is 2.33 bits per heavy atom. The van der Waals surface area contributed by atoms with Gasteiger partial charge >= 0.3 is 0 Å². The lowest BCUT2D eigenvalue weighted by Crippen LogP contribution is -2.15. The molecule has 3 rings (SSSR count). The Hall–Kier alpha value is -2.29. The fourth-order valence-corrected chi connectivity index (χ4v) is 2.46. The van der Waals surface area contributed by atoms with Gasteiger partial charge in [-0.3, -0.25) is 4.79 Å². The monoisotopic (exact) mass is 282 g/mol. The Morgan fingerprint density at radius 2 is 1.62 bits per heavy atom. The first-order chi connectivity index (χ1) is 10.3. The van der Waals surface area contributed by atoms with E-state index in [0.29, 0.717) is 35.8 Å². The molecule has 3 nitrogen and oxygen atoms in total. The van der Waals surface area contributed by atoms with Crippen molar-refractivity contribution in [1.29, 1.82) is 0 Å². The average Bonchev–Trinajstić information content (AvgIpc) is 2.55. The zero-order chi connectivity index (χ0) is 14.7. The Kier molecular flexibility index (Phi) is 3.91. The van der Waals surface area contributed by atoms with E-state index in [1.165, 1.54) is 5.56 Å². The molecule has 0 spiro atoms. The second kappa shape index (κ2) is 6.00. The molecule has 2 aromatic carbocycles. The molecule has 3 heteroatoms. The van der Waals surface area contributed by atoms with Gasteiger partial charge in [-0.15, -0.1) is 0 Å². The highest BCUT2D eigenvalue weighted by Gasteiger charge is 2.16. The molecule has 0 amide bonds. The first-order valence-electron chi connectivity index (χ1n) is 7.31. The summed E-state index contributed by atoms with van der Waals surface area (Å²) < 4.78 is 11.0. The number of aryl methyl sites for hydroxylation is 1. The number of carbonyl (C=O) groups excluding carboxylic acids is 1. The highest BCUT2D eigenvalue weighted by molar-refractivity contribution is 6.09. The first-order valence-corrected chi connectivity index (χ1v) is 7.31. The third kappa shape index (κ3) is 2.92. The Morgan fingerprint density at radius 1 is 0.952 bits per heavy atom. The molecule has 0 saturated carbocycles. The van der Waals surface area contributed by atoms with Crippen LogP contribution in [0.3, 0.4) is 0 Å². The molecule has 108 valence electrons. The summed E-state index contributed by atoms with van der Waals surface area (Å²) in [7, 11) is 0. The quantitative estimate of drug-likeness (QED) is 0.803. The lowest BCUT2D eigenvalue weighted by atomic mass is 10.0. The van der Waals surface area contributed by atoms with Crippen LogP contribution in [0.4, 0.5) is 0 Å². The van der Waals surface area contributed by atoms with Crippen LogP contribution < -0.4 is 9.47 Å². The summed E-state index contributed by atoms with van der Waals surface area (Å²) in [5.41, 5.74) is 2.59. The summed E-state index contributed by atoms with van der Waals surface area (Å²) in [6.07, 6.45) is 2.15. The number of hydrogen-bond donors (Lipinski definition) is 0. The molecule has 0 fully saturated rings. The first kappa shape index (κ1) is 13.7. The van der Waals surface area contributed by atoms with Crippen LogP contribution in [0.1, 0.15) is 34.8 Å². The summed E-state index contributed by atoms with van der Waals surface area (Å²) in [5, 5.41) is 0. The van der Waals surface area contributed by atoms with E-state index in [2.05, 4.69) is 6.92 Å². The van der Waals surface area contributed by atoms with E-state index in [0.717, 1.165) is 12.8 Å². The summed E-state index contributed by atoms with van der Waals surface area (Å²) in [4.78, 5) is 12.5. The maximum absolute atomic E-state index is 12.5. The van der Waals surface area contributed by atoms with Crippen molar-refractivity contribution in [1.82, 2.24) is 0 Å². The van der Waals surface area contributed by atoms with E-state index >= 15 is 0 Å². The van der Waals surface area contributed by atoms with Crippen LogP contribution in [0, 0.1) is 0 Å². The van der Waals surface area contributed by atoms with Crippen molar-refractivity contribution in [2.75, 3.05) is 13.2 Å². The molecule has 2 aromatic rings. The van der Waals surface area contributed by atoms with E-state index in [1.807, 2.05) is 24.3 Å². The van der Waals surface area contributed by atoms with E-state index < -0.39 is 0 Å². The van der Waals surface area contributed by atoms with Crippen LogP contribution in [0.25, 0.3) is 0 Å². The number of carbonyl (C=O) groups is 1. The van der Waals surface area contributed by atoms with Crippen molar-refractivity contribution in [2.45, 2.75) is 19.8 Å². The van der Waals surface area contributed by atoms with Crippen LogP contribution in [0.15, 0.2) is 42.5 Å². The lowest BCUT2D eigenvalue weighted by Gasteiger charge is -2.18. The second-order valence-electron chi connectivity index (χ2n) is 5.13. The zero-order valence-corrected chi connectivity index (χ0v) is 12.1. The minimum atomic E-state index is 0.00928. The van der Waals surface area contributed by atoms with Crippen molar-refractivity contribution in [2.24, 2.45) is 0 Å². The molecule has 1 aliphatic rings. The van der Waals surface area contributed by atoms with Gasteiger partial charge in [0.2, 0.25) is 0 Å². The van der Waals surface area contributed by atoms with Gasteiger partial charge in [0, 0.05) is 11.1 Å². The molecule has 0 radical (unpaired) electrons. The third-order valence-corrected chi connectivity index (χ3v) is 3.56. The number of benzene rings is 2. The zero-order valence-electron chi connectivity index (χ0n) is 12.1. The van der Waals surface area contributed by atoms with Crippen molar-refractivity contribution < 1.29 is 14.3 Å². The molecule has 0 saturated heterocycles. The third-order valence-electron chi connectivity index (χ3n) is 3.56. The molecule has 1 aliphatic heterocycles. The molecular weight excluding hydrogens is 264 g/mol. The summed E-state index contributed by atoms with van der Waals surface area (Å²) in [6.45, 7) is 3.23. The number of fused-ring (bicyclic) bond motifs is 1. The number of ketones is 1. The molecule has 21 heavy (non-hydrogen) atoms. The number of ether oxygens (including phenoxy) is 2. The van der Waals surface area contributed by atoms with Gasteiger partial charge in [-0.05, 0) is 30.2 Å². The minimum absolute atomic E-state index is 0.00928. The summed E-state index contributed by atoms with van der Waals surface area (Å²) >= 11 is 0. The van der Waals surface area contributed by atoms with Crippen LogP contribution in [0.5, 0.6) is 11.5 Å². The predicted octanol–water partition coefficient (Wildman–Crippen LogP) is 3.64. The molecule has 0 bridgehead atoms. The number of rotatable bonds is 4. The minimum Gasteiger partial charge on any atom is -0.486 e. The van der Waals surface area contributed by atoms with Crippen molar-refractivity contribution >= 4 is 5.78 Å². The van der Waals surface area contributed by atoms with Crippen LogP contribution in [0.2, 0.25) is 0 Å². The van der Waals surface area contributed by atoms with Gasteiger partial charge in [0.15, 0.2) is 17.3 Å². The molecule has 0 atom stereocenters. The van der Waals surface area contributed by atoms with Crippen LogP contribution >= 0.6 is 0 Å². The van der Waals surface area contributed by atoms with Gasteiger partial charge in [0.1, 0.15) is 13.2 Å². The van der Waals surface area contributed by atoms with Gasteiger partial charge in [-0.2, -0.15) is 0 Å². The second-order valence-corrected chi connectivity index (χ2v) is 5.13. The lowest BCUT2D eigenvalue weighted by molar-refractivity contribution is 0.103. The molecule has 0 aromatic heterocycles. The van der Waals surface area contributed by atoms with E-state index in [4.69, 9.17) is 9.47 Å². The highest BCUT2D eigenvalue weighted by Crippen LogP contribution is 2.31. The largest absolute Gasteiger partial charge is 0.486 e. The topological polar surface area (TPSA) is 35.5 Å². The maximum Gasteiger partial charge on any atom is 0.193 e. The maximum atomic E-state index is 12.5. The fourth-order valence-electron chi connectivity index (χ4n) is 2.46. The van der Waals surface area contributed by atoms with Gasteiger partial charge in [-0.25, -0.2) is 0 Å². The molecule has 0 unspecified atom stereocenters. The van der Waals surface area contributed by atoms with Crippen molar-refractivity contribution in [3.63, 3.8) is 0 Å². The fraction of sp³-hybridized carbons (Fsp3) is 0.278. The van der Waals surface area contributed by atoms with E-state index in [-0.39, 0.29) is 5.78 Å². The Bertz CT molecular complexity index is 644. The highest BCUT2D eigenvalue weighted by atomic mass is 16.6. The van der Waals surface area contributed by atoms with Gasteiger partial charge in [0.25, 0.3) is 0 Å². The van der Waals surface area contributed by atoms with Gasteiger partial charge in [-0.1, -0.05) is 37.6 Å². The molecule has 0 aliphatic carbocycles. The van der Waals surface area contributed by atoms with Crippen LogP contribution in [-0.2, 0) is 6.42 Å². The summed E-state index contributed by atoms with van der Waals surface area (Å²) in [6, 6.07) is 13.2. The Balaban J connectivity index is 1.84. The number of hydrogen-bond acceptors (Lipinski definition) is 3. The average molecular weight is 282 g/mol. The van der Waals surface area contributed by atoms with Gasteiger partial charge in [0.05, 0.1) is 0 Å². The molecule has 1 heterocycles. The predicted molar refractivity (Wildman–Crippen MR) is 81.3 cm³/mol. The Labute approximate surface area is 124 Å². The van der Waals surface area contributed by atoms with Crippen molar-refractivity contribution in [3.05, 3.63) is 59.2 Å². The normalized spacial score (nSPS) is 13.0. The van der Waals surface area contributed by atoms with Gasteiger partial charge < -0.3 is 9.47 Å². The molecular formula is C18H18O3.